The molecule has 98 valence electrons. The molecular formula is C12H8Br2ClN3O. The van der Waals surface area contributed by atoms with E-state index in [0.717, 1.165) is 8.95 Å². The third-order valence-electron chi connectivity index (χ3n) is 2.26. The van der Waals surface area contributed by atoms with E-state index in [4.69, 9.17) is 17.3 Å². The van der Waals surface area contributed by atoms with Crippen LogP contribution in [0.25, 0.3) is 0 Å². The molecule has 0 spiro atoms. The van der Waals surface area contributed by atoms with Crippen molar-refractivity contribution in [3.63, 3.8) is 0 Å². The lowest BCUT2D eigenvalue weighted by molar-refractivity contribution is 0.102. The summed E-state index contributed by atoms with van der Waals surface area (Å²) in [5.74, 6) is -0.182. The summed E-state index contributed by atoms with van der Waals surface area (Å²) in [5, 5.41) is 2.97. The summed E-state index contributed by atoms with van der Waals surface area (Å²) in [4.78, 5) is 16.0. The zero-order valence-corrected chi connectivity index (χ0v) is 13.4. The molecule has 7 heteroatoms. The molecule has 1 aromatic heterocycles. The van der Waals surface area contributed by atoms with Gasteiger partial charge in [0.25, 0.3) is 5.91 Å². The lowest BCUT2D eigenvalue weighted by atomic mass is 10.3. The van der Waals surface area contributed by atoms with Crippen molar-refractivity contribution >= 4 is 60.9 Å². The molecule has 1 aromatic carbocycles. The first kappa shape index (κ1) is 14.3. The van der Waals surface area contributed by atoms with Crippen molar-refractivity contribution in [3.8, 4) is 0 Å². The van der Waals surface area contributed by atoms with Gasteiger partial charge >= 0.3 is 0 Å². The predicted molar refractivity (Wildman–Crippen MR) is 83.5 cm³/mol. The minimum Gasteiger partial charge on any atom is -0.384 e. The molecule has 1 amide bonds. The molecule has 2 aromatic rings. The fraction of sp³-hybridized carbons (Fsp3) is 0. The first-order valence-electron chi connectivity index (χ1n) is 5.16. The highest BCUT2D eigenvalue weighted by molar-refractivity contribution is 9.11. The standard InChI is InChI=1S/C12H8Br2ClN3O/c13-6-1-2-7(14)9(5-6)17-12(19)11-8(15)3-4-10(16)18-11/h1-5H,(H2,16,18)(H,17,19). The second kappa shape index (κ2) is 5.90. The van der Waals surface area contributed by atoms with E-state index in [1.165, 1.54) is 12.1 Å². The summed E-state index contributed by atoms with van der Waals surface area (Å²) in [6.45, 7) is 0. The lowest BCUT2D eigenvalue weighted by Gasteiger charge is -2.08. The maximum absolute atomic E-state index is 12.1. The molecule has 0 bridgehead atoms. The van der Waals surface area contributed by atoms with Gasteiger partial charge < -0.3 is 11.1 Å². The van der Waals surface area contributed by atoms with Gasteiger partial charge in [-0.2, -0.15) is 0 Å². The zero-order valence-electron chi connectivity index (χ0n) is 9.45. The van der Waals surface area contributed by atoms with Gasteiger partial charge in [0.2, 0.25) is 0 Å². The first-order valence-corrected chi connectivity index (χ1v) is 7.12. The molecule has 0 aliphatic carbocycles. The number of hydrogen-bond acceptors (Lipinski definition) is 3. The van der Waals surface area contributed by atoms with Crippen molar-refractivity contribution in [1.82, 2.24) is 4.98 Å². The van der Waals surface area contributed by atoms with Crippen molar-refractivity contribution in [3.05, 3.63) is 50.0 Å². The summed E-state index contributed by atoms with van der Waals surface area (Å²) in [6, 6.07) is 8.50. The number of carbonyl (C=O) groups excluding carboxylic acids is 1. The number of nitrogens with one attached hydrogen (secondary N) is 1. The molecule has 3 N–H and O–H groups in total. The molecule has 0 radical (unpaired) electrons. The Morgan fingerprint density at radius 2 is 2.00 bits per heavy atom. The van der Waals surface area contributed by atoms with E-state index in [2.05, 4.69) is 42.2 Å². The van der Waals surface area contributed by atoms with Crippen LogP contribution < -0.4 is 11.1 Å². The number of carbonyl (C=O) groups is 1. The fourth-order valence-electron chi connectivity index (χ4n) is 1.39. The van der Waals surface area contributed by atoms with Gasteiger partial charge in [-0.05, 0) is 46.3 Å². The number of amides is 1. The van der Waals surface area contributed by atoms with E-state index in [-0.39, 0.29) is 16.5 Å². The second-order valence-corrected chi connectivity index (χ2v) is 5.82. The highest BCUT2D eigenvalue weighted by Crippen LogP contribution is 2.27. The number of pyridine rings is 1. The van der Waals surface area contributed by atoms with E-state index in [1.807, 2.05) is 12.1 Å². The number of halogens is 3. The summed E-state index contributed by atoms with van der Waals surface area (Å²) in [7, 11) is 0. The maximum atomic E-state index is 12.1. The third-order valence-corrected chi connectivity index (χ3v) is 3.75. The molecule has 1 heterocycles. The van der Waals surface area contributed by atoms with Crippen LogP contribution in [0, 0.1) is 0 Å². The SMILES string of the molecule is Nc1ccc(Cl)c(C(=O)Nc2cc(Br)ccc2Br)n1. The number of benzene rings is 1. The van der Waals surface area contributed by atoms with E-state index >= 15 is 0 Å². The Hall–Kier alpha value is -1.11. The van der Waals surface area contributed by atoms with Gasteiger partial charge in [-0.1, -0.05) is 27.5 Å². The normalized spacial score (nSPS) is 10.3. The predicted octanol–water partition coefficient (Wildman–Crippen LogP) is 4.09. The molecule has 0 atom stereocenters. The summed E-state index contributed by atoms with van der Waals surface area (Å²) < 4.78 is 1.60. The number of aromatic nitrogens is 1. The third kappa shape index (κ3) is 3.46. The second-order valence-electron chi connectivity index (χ2n) is 3.64. The number of anilines is 2. The average molecular weight is 405 g/mol. The highest BCUT2D eigenvalue weighted by atomic mass is 79.9. The molecule has 19 heavy (non-hydrogen) atoms. The van der Waals surface area contributed by atoms with Crippen LogP contribution in [-0.4, -0.2) is 10.9 Å². The number of hydrogen-bond donors (Lipinski definition) is 2. The van der Waals surface area contributed by atoms with Gasteiger partial charge in [0.1, 0.15) is 11.5 Å². The number of nitrogen functional groups attached to an aromatic ring is 1. The van der Waals surface area contributed by atoms with Crippen molar-refractivity contribution in [2.75, 3.05) is 11.1 Å². The molecular weight excluding hydrogens is 397 g/mol. The quantitative estimate of drug-likeness (QED) is 0.791. The van der Waals surface area contributed by atoms with Gasteiger partial charge in [0, 0.05) is 8.95 Å². The molecule has 0 aliphatic heterocycles. The van der Waals surface area contributed by atoms with Crippen molar-refractivity contribution in [1.29, 1.82) is 0 Å². The molecule has 2 rings (SSSR count). The Balaban J connectivity index is 2.30. The molecule has 0 saturated heterocycles. The lowest BCUT2D eigenvalue weighted by Crippen LogP contribution is -2.15. The Bertz CT molecular complexity index is 649. The zero-order chi connectivity index (χ0) is 14.0. The van der Waals surface area contributed by atoms with Gasteiger partial charge in [-0.25, -0.2) is 4.98 Å². The van der Waals surface area contributed by atoms with Crippen LogP contribution in [0.2, 0.25) is 5.02 Å². The number of nitrogens with zero attached hydrogens (tertiary/aromatic N) is 1. The summed E-state index contributed by atoms with van der Waals surface area (Å²) in [5.41, 5.74) is 6.25. The van der Waals surface area contributed by atoms with Gasteiger partial charge in [0.15, 0.2) is 0 Å². The molecule has 0 saturated carbocycles. The van der Waals surface area contributed by atoms with E-state index in [9.17, 15) is 4.79 Å². The Labute approximate surface area is 131 Å². The first-order chi connectivity index (χ1) is 8.97. The maximum Gasteiger partial charge on any atom is 0.275 e. The van der Waals surface area contributed by atoms with Crippen molar-refractivity contribution in [2.24, 2.45) is 0 Å². The van der Waals surface area contributed by atoms with Crippen LogP contribution in [0.15, 0.2) is 39.3 Å². The van der Waals surface area contributed by atoms with E-state index in [0.29, 0.717) is 5.69 Å². The number of rotatable bonds is 2. The summed E-state index contributed by atoms with van der Waals surface area (Å²) >= 11 is 12.6. The van der Waals surface area contributed by atoms with Crippen LogP contribution in [0.3, 0.4) is 0 Å². The van der Waals surface area contributed by atoms with E-state index < -0.39 is 5.91 Å². The Kier molecular flexibility index (Phi) is 4.44. The smallest absolute Gasteiger partial charge is 0.275 e. The van der Waals surface area contributed by atoms with Crippen LogP contribution in [0.5, 0.6) is 0 Å². The fourth-order valence-corrected chi connectivity index (χ4v) is 2.29. The van der Waals surface area contributed by atoms with Gasteiger partial charge in [0.05, 0.1) is 10.7 Å². The topological polar surface area (TPSA) is 68.0 Å². The van der Waals surface area contributed by atoms with E-state index in [1.54, 1.807) is 6.07 Å². The minimum atomic E-state index is -0.420. The molecule has 0 fully saturated rings. The van der Waals surface area contributed by atoms with Crippen molar-refractivity contribution in [2.45, 2.75) is 0 Å². The van der Waals surface area contributed by atoms with Gasteiger partial charge in [-0.15, -0.1) is 0 Å². The molecule has 0 unspecified atom stereocenters. The molecule has 0 aliphatic rings. The van der Waals surface area contributed by atoms with Gasteiger partial charge in [-0.3, -0.25) is 4.79 Å². The Morgan fingerprint density at radius 3 is 2.74 bits per heavy atom. The minimum absolute atomic E-state index is 0.0912. The van der Waals surface area contributed by atoms with Crippen LogP contribution in [0.1, 0.15) is 10.5 Å². The summed E-state index contributed by atoms with van der Waals surface area (Å²) in [6.07, 6.45) is 0. The Morgan fingerprint density at radius 1 is 1.26 bits per heavy atom. The highest BCUT2D eigenvalue weighted by Gasteiger charge is 2.14. The van der Waals surface area contributed by atoms with Crippen LogP contribution in [0.4, 0.5) is 11.5 Å². The monoisotopic (exact) mass is 403 g/mol. The number of nitrogens with two attached hydrogens (primary N) is 1. The van der Waals surface area contributed by atoms with Crippen molar-refractivity contribution < 1.29 is 4.79 Å². The average Bonchev–Trinajstić information content (AvgIpc) is 2.36. The van der Waals surface area contributed by atoms with Crippen LogP contribution in [-0.2, 0) is 0 Å². The largest absolute Gasteiger partial charge is 0.384 e. The molecule has 4 nitrogen and oxygen atoms in total. The van der Waals surface area contributed by atoms with Crippen LogP contribution >= 0.6 is 43.5 Å².